The SMILES string of the molecule is CCOc1ccc(/C(=C\[C@H]2CCC(=O)N2)c2ccc(C3CC3)c(OC)n2)cc1Cl. The van der Waals surface area contributed by atoms with E-state index < -0.39 is 0 Å². The Balaban J connectivity index is 1.76. The highest BCUT2D eigenvalue weighted by molar-refractivity contribution is 6.32. The minimum Gasteiger partial charge on any atom is -0.492 e. The first-order valence-corrected chi connectivity index (χ1v) is 10.5. The molecule has 1 atom stereocenters. The summed E-state index contributed by atoms with van der Waals surface area (Å²) in [6, 6.07) is 9.84. The van der Waals surface area contributed by atoms with Gasteiger partial charge in [-0.2, -0.15) is 0 Å². The van der Waals surface area contributed by atoms with Crippen LogP contribution in [0.5, 0.6) is 11.6 Å². The summed E-state index contributed by atoms with van der Waals surface area (Å²) >= 11 is 6.45. The Bertz CT molecular complexity index is 953. The molecule has 2 heterocycles. The summed E-state index contributed by atoms with van der Waals surface area (Å²) in [5.74, 6) is 1.95. The quantitative estimate of drug-likeness (QED) is 0.714. The summed E-state index contributed by atoms with van der Waals surface area (Å²) in [6.07, 6.45) is 5.74. The molecule has 29 heavy (non-hydrogen) atoms. The Labute approximate surface area is 176 Å². The molecule has 4 rings (SSSR count). The van der Waals surface area contributed by atoms with Crippen molar-refractivity contribution in [2.24, 2.45) is 0 Å². The summed E-state index contributed by atoms with van der Waals surface area (Å²) in [6.45, 7) is 2.48. The van der Waals surface area contributed by atoms with E-state index in [0.717, 1.165) is 28.8 Å². The molecule has 1 amide bonds. The van der Waals surface area contributed by atoms with E-state index in [1.807, 2.05) is 31.2 Å². The molecule has 1 saturated heterocycles. The van der Waals surface area contributed by atoms with E-state index in [-0.39, 0.29) is 11.9 Å². The van der Waals surface area contributed by atoms with Crippen molar-refractivity contribution in [3.63, 3.8) is 0 Å². The number of halogens is 1. The summed E-state index contributed by atoms with van der Waals surface area (Å²) < 4.78 is 11.1. The smallest absolute Gasteiger partial charge is 0.220 e. The van der Waals surface area contributed by atoms with Crippen LogP contribution >= 0.6 is 11.6 Å². The summed E-state index contributed by atoms with van der Waals surface area (Å²) in [5.41, 5.74) is 3.80. The maximum atomic E-state index is 11.7. The number of ether oxygens (including phenoxy) is 2. The molecule has 2 fully saturated rings. The Kier molecular flexibility index (Phi) is 5.76. The average Bonchev–Trinajstić information content (AvgIpc) is 3.49. The highest BCUT2D eigenvalue weighted by Crippen LogP contribution is 2.44. The first-order chi connectivity index (χ1) is 14.1. The molecular weight excluding hydrogens is 388 g/mol. The maximum absolute atomic E-state index is 11.7. The molecular formula is C23H25ClN2O3. The van der Waals surface area contributed by atoms with Gasteiger partial charge in [0, 0.05) is 23.6 Å². The lowest BCUT2D eigenvalue weighted by atomic mass is 9.98. The van der Waals surface area contributed by atoms with Crippen LogP contribution in [0.3, 0.4) is 0 Å². The van der Waals surface area contributed by atoms with E-state index in [4.69, 9.17) is 26.1 Å². The van der Waals surface area contributed by atoms with Crippen molar-refractivity contribution in [2.75, 3.05) is 13.7 Å². The number of carbonyl (C=O) groups is 1. The van der Waals surface area contributed by atoms with Crippen molar-refractivity contribution >= 4 is 23.1 Å². The number of amides is 1. The monoisotopic (exact) mass is 412 g/mol. The molecule has 1 aromatic carbocycles. The van der Waals surface area contributed by atoms with Crippen LogP contribution in [0, 0.1) is 0 Å². The number of hydrogen-bond acceptors (Lipinski definition) is 4. The molecule has 152 valence electrons. The Morgan fingerprint density at radius 2 is 2.10 bits per heavy atom. The van der Waals surface area contributed by atoms with Crippen molar-refractivity contribution in [3.8, 4) is 11.6 Å². The summed E-state index contributed by atoms with van der Waals surface area (Å²) in [5, 5.41) is 3.55. The number of carbonyl (C=O) groups excluding carboxylic acids is 1. The minimum absolute atomic E-state index is 0.0289. The largest absolute Gasteiger partial charge is 0.492 e. The van der Waals surface area contributed by atoms with Gasteiger partial charge in [0.25, 0.3) is 0 Å². The van der Waals surface area contributed by atoms with Gasteiger partial charge >= 0.3 is 0 Å². The standard InChI is InChI=1S/C23H25ClN2O3/c1-3-29-21-10-6-15(12-19(21)24)18(13-16-7-11-22(27)25-16)20-9-8-17(14-4-5-14)23(26-20)28-2/h6,8-10,12-14,16H,3-5,7,11H2,1-2H3,(H,25,27)/b18-13+/t16-/m1/s1. The van der Waals surface area contributed by atoms with Crippen molar-refractivity contribution in [2.45, 2.75) is 44.6 Å². The molecule has 1 aliphatic carbocycles. The summed E-state index contributed by atoms with van der Waals surface area (Å²) in [7, 11) is 1.66. The van der Waals surface area contributed by atoms with E-state index in [1.54, 1.807) is 7.11 Å². The summed E-state index contributed by atoms with van der Waals surface area (Å²) in [4.78, 5) is 16.5. The van der Waals surface area contributed by atoms with Crippen LogP contribution in [0.25, 0.3) is 5.57 Å². The molecule has 6 heteroatoms. The van der Waals surface area contributed by atoms with E-state index in [1.165, 1.54) is 12.8 Å². The zero-order valence-electron chi connectivity index (χ0n) is 16.7. The van der Waals surface area contributed by atoms with Crippen LogP contribution in [-0.2, 0) is 4.79 Å². The number of methoxy groups -OCH3 is 1. The molecule has 1 aliphatic heterocycles. The normalized spacial score (nSPS) is 19.2. The van der Waals surface area contributed by atoms with E-state index in [9.17, 15) is 4.79 Å². The van der Waals surface area contributed by atoms with Crippen LogP contribution in [-0.4, -0.2) is 30.6 Å². The van der Waals surface area contributed by atoms with Gasteiger partial charge in [-0.1, -0.05) is 29.8 Å². The fraction of sp³-hybridized carbons (Fsp3) is 0.391. The van der Waals surface area contributed by atoms with Gasteiger partial charge in [0.15, 0.2) is 0 Å². The van der Waals surface area contributed by atoms with E-state index in [2.05, 4.69) is 17.5 Å². The number of rotatable bonds is 7. The van der Waals surface area contributed by atoms with Crippen LogP contribution < -0.4 is 14.8 Å². The fourth-order valence-corrected chi connectivity index (χ4v) is 3.94. The van der Waals surface area contributed by atoms with Crippen LogP contribution in [0.15, 0.2) is 36.4 Å². The van der Waals surface area contributed by atoms with Gasteiger partial charge in [-0.05, 0) is 55.9 Å². The van der Waals surface area contributed by atoms with Gasteiger partial charge < -0.3 is 14.8 Å². The van der Waals surface area contributed by atoms with Crippen molar-refractivity contribution in [1.82, 2.24) is 10.3 Å². The number of pyridine rings is 1. The number of aromatic nitrogens is 1. The molecule has 2 aromatic rings. The van der Waals surface area contributed by atoms with Gasteiger partial charge in [-0.15, -0.1) is 0 Å². The van der Waals surface area contributed by atoms with Gasteiger partial charge in [0.2, 0.25) is 11.8 Å². The molecule has 1 saturated carbocycles. The van der Waals surface area contributed by atoms with Crippen molar-refractivity contribution in [3.05, 3.63) is 58.3 Å². The molecule has 0 radical (unpaired) electrons. The number of hydrogen-bond donors (Lipinski definition) is 1. The predicted octanol–water partition coefficient (Wildman–Crippen LogP) is 4.73. The van der Waals surface area contributed by atoms with Crippen molar-refractivity contribution in [1.29, 1.82) is 0 Å². The van der Waals surface area contributed by atoms with Gasteiger partial charge in [-0.25, -0.2) is 4.98 Å². The third-order valence-corrected chi connectivity index (χ3v) is 5.61. The third kappa shape index (κ3) is 4.40. The lowest BCUT2D eigenvalue weighted by molar-refractivity contribution is -0.119. The lowest BCUT2D eigenvalue weighted by Crippen LogP contribution is -2.23. The van der Waals surface area contributed by atoms with Crippen LogP contribution in [0.1, 0.15) is 55.3 Å². The third-order valence-electron chi connectivity index (χ3n) is 5.32. The Morgan fingerprint density at radius 3 is 2.72 bits per heavy atom. The highest BCUT2D eigenvalue weighted by Gasteiger charge is 2.28. The second-order valence-corrected chi connectivity index (χ2v) is 7.85. The second-order valence-electron chi connectivity index (χ2n) is 7.44. The van der Waals surface area contributed by atoms with Gasteiger partial charge in [0.05, 0.1) is 24.4 Å². The maximum Gasteiger partial charge on any atom is 0.220 e. The Hall–Kier alpha value is -2.53. The highest BCUT2D eigenvalue weighted by atomic mass is 35.5. The number of nitrogens with zero attached hydrogens (tertiary/aromatic N) is 1. The predicted molar refractivity (Wildman–Crippen MR) is 114 cm³/mol. The van der Waals surface area contributed by atoms with Gasteiger partial charge in [0.1, 0.15) is 5.75 Å². The molecule has 5 nitrogen and oxygen atoms in total. The fourth-order valence-electron chi connectivity index (χ4n) is 3.70. The molecule has 0 bridgehead atoms. The molecule has 2 aliphatic rings. The molecule has 1 N–H and O–H groups in total. The lowest BCUT2D eigenvalue weighted by Gasteiger charge is -2.15. The molecule has 1 aromatic heterocycles. The minimum atomic E-state index is -0.0289. The zero-order valence-corrected chi connectivity index (χ0v) is 17.5. The van der Waals surface area contributed by atoms with E-state index in [0.29, 0.717) is 35.6 Å². The number of nitrogens with one attached hydrogen (secondary N) is 1. The van der Waals surface area contributed by atoms with Crippen molar-refractivity contribution < 1.29 is 14.3 Å². The number of benzene rings is 1. The van der Waals surface area contributed by atoms with Gasteiger partial charge in [-0.3, -0.25) is 4.79 Å². The topological polar surface area (TPSA) is 60.5 Å². The average molecular weight is 413 g/mol. The Morgan fingerprint density at radius 1 is 1.28 bits per heavy atom. The molecule has 0 spiro atoms. The first kappa shape index (κ1) is 19.8. The first-order valence-electron chi connectivity index (χ1n) is 10.1. The zero-order chi connectivity index (χ0) is 20.4. The van der Waals surface area contributed by atoms with E-state index >= 15 is 0 Å². The van der Waals surface area contributed by atoms with Crippen LogP contribution in [0.4, 0.5) is 0 Å². The van der Waals surface area contributed by atoms with Crippen LogP contribution in [0.2, 0.25) is 5.02 Å². The molecule has 0 unspecified atom stereocenters. The second kappa shape index (κ2) is 8.46.